The first kappa shape index (κ1) is 14.6. The van der Waals surface area contributed by atoms with Crippen molar-refractivity contribution in [3.63, 3.8) is 0 Å². The third-order valence-corrected chi connectivity index (χ3v) is 2.55. The maximum atomic E-state index is 11.9. The molecule has 0 amide bonds. The summed E-state index contributed by atoms with van der Waals surface area (Å²) in [7, 11) is 0. The Bertz CT molecular complexity index is 361. The van der Waals surface area contributed by atoms with Gasteiger partial charge < -0.3 is 9.47 Å². The lowest BCUT2D eigenvalue weighted by Gasteiger charge is -2.10. The molecular formula is C15H22O3. The number of unbranched alkanes of at least 4 members (excludes halogenated alkanes) is 2. The SMILES string of the molecule is CCCCCOC(=O)c1ccccc1OCCC. The van der Waals surface area contributed by atoms with Gasteiger partial charge in [0.05, 0.1) is 13.2 Å². The second-order valence-electron chi connectivity index (χ2n) is 4.19. The van der Waals surface area contributed by atoms with Gasteiger partial charge in [0.25, 0.3) is 0 Å². The number of esters is 1. The second kappa shape index (κ2) is 8.56. The van der Waals surface area contributed by atoms with E-state index in [4.69, 9.17) is 9.47 Å². The van der Waals surface area contributed by atoms with Crippen molar-refractivity contribution >= 4 is 5.97 Å². The zero-order valence-corrected chi connectivity index (χ0v) is 11.3. The average molecular weight is 250 g/mol. The van der Waals surface area contributed by atoms with E-state index >= 15 is 0 Å². The van der Waals surface area contributed by atoms with E-state index in [-0.39, 0.29) is 5.97 Å². The summed E-state index contributed by atoms with van der Waals surface area (Å²) in [6.07, 6.45) is 4.04. The van der Waals surface area contributed by atoms with Crippen molar-refractivity contribution in [1.82, 2.24) is 0 Å². The highest BCUT2D eigenvalue weighted by atomic mass is 16.5. The summed E-state index contributed by atoms with van der Waals surface area (Å²) in [5.41, 5.74) is 0.516. The van der Waals surface area contributed by atoms with Crippen molar-refractivity contribution in [2.45, 2.75) is 39.5 Å². The van der Waals surface area contributed by atoms with Crippen molar-refractivity contribution in [3.8, 4) is 5.75 Å². The highest BCUT2D eigenvalue weighted by Gasteiger charge is 2.12. The van der Waals surface area contributed by atoms with E-state index in [1.165, 1.54) is 0 Å². The van der Waals surface area contributed by atoms with Crippen LogP contribution in [0, 0.1) is 0 Å². The van der Waals surface area contributed by atoms with E-state index in [0.29, 0.717) is 24.5 Å². The largest absolute Gasteiger partial charge is 0.493 e. The highest BCUT2D eigenvalue weighted by molar-refractivity contribution is 5.92. The molecule has 0 aliphatic heterocycles. The smallest absolute Gasteiger partial charge is 0.341 e. The van der Waals surface area contributed by atoms with Crippen LogP contribution in [0.25, 0.3) is 0 Å². The molecule has 3 heteroatoms. The molecule has 1 rings (SSSR count). The molecule has 18 heavy (non-hydrogen) atoms. The molecular weight excluding hydrogens is 228 g/mol. The molecule has 0 spiro atoms. The van der Waals surface area contributed by atoms with Crippen molar-refractivity contribution in [1.29, 1.82) is 0 Å². The molecule has 0 radical (unpaired) electrons. The number of hydrogen-bond donors (Lipinski definition) is 0. The van der Waals surface area contributed by atoms with Gasteiger partial charge in [-0.3, -0.25) is 0 Å². The van der Waals surface area contributed by atoms with Crippen LogP contribution in [-0.2, 0) is 4.74 Å². The molecule has 0 unspecified atom stereocenters. The first-order valence-corrected chi connectivity index (χ1v) is 6.68. The minimum Gasteiger partial charge on any atom is -0.493 e. The molecule has 1 aromatic rings. The molecule has 0 N–H and O–H groups in total. The molecule has 0 heterocycles. The lowest BCUT2D eigenvalue weighted by molar-refractivity contribution is 0.0493. The number of ether oxygens (including phenoxy) is 2. The van der Waals surface area contributed by atoms with Crippen LogP contribution in [0.1, 0.15) is 49.9 Å². The number of carbonyl (C=O) groups is 1. The van der Waals surface area contributed by atoms with E-state index in [9.17, 15) is 4.79 Å². The number of benzene rings is 1. The maximum Gasteiger partial charge on any atom is 0.341 e. The Labute approximate surface area is 109 Å². The summed E-state index contributed by atoms with van der Waals surface area (Å²) in [6.45, 7) is 5.25. The van der Waals surface area contributed by atoms with Gasteiger partial charge in [0, 0.05) is 0 Å². The Morgan fingerprint density at radius 3 is 2.56 bits per heavy atom. The van der Waals surface area contributed by atoms with Crippen LogP contribution in [0.2, 0.25) is 0 Å². The zero-order chi connectivity index (χ0) is 13.2. The third-order valence-electron chi connectivity index (χ3n) is 2.55. The topological polar surface area (TPSA) is 35.5 Å². The van der Waals surface area contributed by atoms with Gasteiger partial charge in [-0.1, -0.05) is 38.8 Å². The number of carbonyl (C=O) groups excluding carboxylic acids is 1. The third kappa shape index (κ3) is 4.78. The van der Waals surface area contributed by atoms with Crippen molar-refractivity contribution in [3.05, 3.63) is 29.8 Å². The molecule has 0 bridgehead atoms. The molecule has 0 aliphatic carbocycles. The highest BCUT2D eigenvalue weighted by Crippen LogP contribution is 2.19. The van der Waals surface area contributed by atoms with Crippen molar-refractivity contribution < 1.29 is 14.3 Å². The Hall–Kier alpha value is -1.51. The maximum absolute atomic E-state index is 11.9. The Morgan fingerprint density at radius 2 is 1.83 bits per heavy atom. The van der Waals surface area contributed by atoms with Crippen LogP contribution in [0.4, 0.5) is 0 Å². The number of para-hydroxylation sites is 1. The normalized spacial score (nSPS) is 10.1. The van der Waals surface area contributed by atoms with Gasteiger partial charge in [-0.15, -0.1) is 0 Å². The van der Waals surface area contributed by atoms with E-state index < -0.39 is 0 Å². The Kier molecular flexibility index (Phi) is 6.92. The molecule has 0 fully saturated rings. The summed E-state index contributed by atoms with van der Waals surface area (Å²) < 4.78 is 10.8. The fraction of sp³-hybridized carbons (Fsp3) is 0.533. The minimum absolute atomic E-state index is 0.294. The van der Waals surface area contributed by atoms with Gasteiger partial charge in [0.2, 0.25) is 0 Å². The summed E-state index contributed by atoms with van der Waals surface area (Å²) >= 11 is 0. The lowest BCUT2D eigenvalue weighted by atomic mass is 10.2. The lowest BCUT2D eigenvalue weighted by Crippen LogP contribution is -2.09. The van der Waals surface area contributed by atoms with Crippen LogP contribution < -0.4 is 4.74 Å². The van der Waals surface area contributed by atoms with Gasteiger partial charge in [0.15, 0.2) is 0 Å². The first-order valence-electron chi connectivity index (χ1n) is 6.68. The fourth-order valence-electron chi connectivity index (χ4n) is 1.57. The van der Waals surface area contributed by atoms with E-state index in [2.05, 4.69) is 6.92 Å². The van der Waals surface area contributed by atoms with Gasteiger partial charge >= 0.3 is 5.97 Å². The molecule has 100 valence electrons. The fourth-order valence-corrected chi connectivity index (χ4v) is 1.57. The van der Waals surface area contributed by atoms with Gasteiger partial charge in [-0.2, -0.15) is 0 Å². The molecule has 0 aliphatic rings. The van der Waals surface area contributed by atoms with Crippen LogP contribution in [0.15, 0.2) is 24.3 Å². The van der Waals surface area contributed by atoms with Gasteiger partial charge in [-0.25, -0.2) is 4.79 Å². The van der Waals surface area contributed by atoms with Gasteiger partial charge in [-0.05, 0) is 25.0 Å². The predicted molar refractivity (Wildman–Crippen MR) is 72.0 cm³/mol. The molecule has 0 aromatic heterocycles. The molecule has 0 saturated carbocycles. The van der Waals surface area contributed by atoms with Crippen molar-refractivity contribution in [2.24, 2.45) is 0 Å². The molecule has 0 atom stereocenters. The minimum atomic E-state index is -0.294. The van der Waals surface area contributed by atoms with E-state index in [1.54, 1.807) is 12.1 Å². The Balaban J connectivity index is 2.55. The summed E-state index contributed by atoms with van der Waals surface area (Å²) in [6, 6.07) is 7.23. The first-order chi connectivity index (χ1) is 8.79. The summed E-state index contributed by atoms with van der Waals surface area (Å²) in [5.74, 6) is 0.317. The van der Waals surface area contributed by atoms with Crippen LogP contribution >= 0.6 is 0 Å². The molecule has 1 aromatic carbocycles. The standard InChI is InChI=1S/C15H22O3/c1-3-5-8-12-18-15(16)13-9-6-7-10-14(13)17-11-4-2/h6-7,9-10H,3-5,8,11-12H2,1-2H3. The van der Waals surface area contributed by atoms with Crippen LogP contribution in [0.3, 0.4) is 0 Å². The quantitative estimate of drug-likeness (QED) is 0.519. The molecule has 3 nitrogen and oxygen atoms in total. The number of rotatable bonds is 8. The average Bonchev–Trinajstić information content (AvgIpc) is 2.41. The summed E-state index contributed by atoms with van der Waals surface area (Å²) in [4.78, 5) is 11.9. The molecule has 0 saturated heterocycles. The monoisotopic (exact) mass is 250 g/mol. The van der Waals surface area contributed by atoms with E-state index in [1.807, 2.05) is 19.1 Å². The van der Waals surface area contributed by atoms with Crippen LogP contribution in [0.5, 0.6) is 5.75 Å². The Morgan fingerprint density at radius 1 is 1.06 bits per heavy atom. The number of hydrogen-bond acceptors (Lipinski definition) is 3. The zero-order valence-electron chi connectivity index (χ0n) is 11.3. The predicted octanol–water partition coefficient (Wildman–Crippen LogP) is 3.82. The van der Waals surface area contributed by atoms with Crippen LogP contribution in [-0.4, -0.2) is 19.2 Å². The summed E-state index contributed by atoms with van der Waals surface area (Å²) in [5, 5.41) is 0. The van der Waals surface area contributed by atoms with E-state index in [0.717, 1.165) is 25.7 Å². The van der Waals surface area contributed by atoms with Gasteiger partial charge in [0.1, 0.15) is 11.3 Å². The second-order valence-corrected chi connectivity index (χ2v) is 4.19. The van der Waals surface area contributed by atoms with Crippen molar-refractivity contribution in [2.75, 3.05) is 13.2 Å².